The second-order valence-corrected chi connectivity index (χ2v) is 9.02. The minimum absolute atomic E-state index is 0.00375. The average molecular weight is 422 g/mol. The summed E-state index contributed by atoms with van der Waals surface area (Å²) in [4.78, 5) is 22.2. The van der Waals surface area contributed by atoms with Crippen LogP contribution in [0.2, 0.25) is 5.02 Å². The molecule has 29 heavy (non-hydrogen) atoms. The molecule has 1 aromatic rings. The predicted octanol–water partition coefficient (Wildman–Crippen LogP) is 2.99. The molecule has 0 spiro atoms. The Morgan fingerprint density at radius 1 is 1.34 bits per heavy atom. The van der Waals surface area contributed by atoms with Crippen LogP contribution >= 0.6 is 11.6 Å². The number of esters is 1. The van der Waals surface area contributed by atoms with Gasteiger partial charge in [0.2, 0.25) is 0 Å². The maximum Gasteiger partial charge on any atom is 0.313 e. The Balaban J connectivity index is 1.49. The van der Waals surface area contributed by atoms with Crippen molar-refractivity contribution in [3.05, 3.63) is 29.0 Å². The Morgan fingerprint density at radius 2 is 2.17 bits per heavy atom. The van der Waals surface area contributed by atoms with Crippen molar-refractivity contribution in [1.82, 2.24) is 14.8 Å². The third kappa shape index (κ3) is 4.46. The molecule has 0 bridgehead atoms. The fourth-order valence-corrected chi connectivity index (χ4v) is 5.69. The van der Waals surface area contributed by atoms with E-state index in [4.69, 9.17) is 21.1 Å². The molecule has 1 aliphatic carbocycles. The van der Waals surface area contributed by atoms with E-state index in [-0.39, 0.29) is 5.97 Å². The molecule has 0 aromatic carbocycles. The number of rotatable bonds is 5. The Labute approximate surface area is 178 Å². The summed E-state index contributed by atoms with van der Waals surface area (Å²) < 4.78 is 11.1. The molecule has 160 valence electrons. The maximum absolute atomic E-state index is 13.2. The van der Waals surface area contributed by atoms with Crippen LogP contribution < -0.4 is 0 Å². The number of piperidine rings is 1. The van der Waals surface area contributed by atoms with Gasteiger partial charge in [-0.1, -0.05) is 11.6 Å². The normalized spacial score (nSPS) is 31.2. The van der Waals surface area contributed by atoms with E-state index >= 15 is 0 Å². The molecule has 1 aromatic heterocycles. The maximum atomic E-state index is 13.2. The van der Waals surface area contributed by atoms with E-state index in [2.05, 4.69) is 14.8 Å². The van der Waals surface area contributed by atoms with Crippen LogP contribution in [0.1, 0.15) is 38.2 Å². The fourth-order valence-electron chi connectivity index (χ4n) is 5.51. The van der Waals surface area contributed by atoms with E-state index in [9.17, 15) is 4.79 Å². The molecule has 3 fully saturated rings. The lowest BCUT2D eigenvalue weighted by Crippen LogP contribution is -2.58. The number of morpholine rings is 1. The highest BCUT2D eigenvalue weighted by Crippen LogP contribution is 2.48. The number of fused-ring (bicyclic) bond motifs is 1. The van der Waals surface area contributed by atoms with Crippen molar-refractivity contribution in [2.24, 2.45) is 11.3 Å². The van der Waals surface area contributed by atoms with Gasteiger partial charge in [0, 0.05) is 44.6 Å². The predicted molar refractivity (Wildman–Crippen MR) is 112 cm³/mol. The summed E-state index contributed by atoms with van der Waals surface area (Å²) in [5.74, 6) is 0.378. The van der Waals surface area contributed by atoms with Crippen LogP contribution in [0.15, 0.2) is 18.5 Å². The molecule has 2 aliphatic heterocycles. The van der Waals surface area contributed by atoms with Crippen molar-refractivity contribution in [3.8, 4) is 0 Å². The summed E-state index contributed by atoms with van der Waals surface area (Å²) in [5, 5.41) is 0.691. The summed E-state index contributed by atoms with van der Waals surface area (Å²) in [6.07, 6.45) is 7.55. The van der Waals surface area contributed by atoms with Gasteiger partial charge < -0.3 is 9.47 Å². The van der Waals surface area contributed by atoms with Crippen molar-refractivity contribution in [1.29, 1.82) is 0 Å². The van der Waals surface area contributed by atoms with Crippen LogP contribution in [0.3, 0.4) is 0 Å². The van der Waals surface area contributed by atoms with Crippen molar-refractivity contribution in [2.45, 2.75) is 45.2 Å². The third-order valence-electron chi connectivity index (χ3n) is 7.06. The number of pyridine rings is 1. The Bertz CT molecular complexity index is 712. The zero-order chi connectivity index (χ0) is 20.3. The highest BCUT2D eigenvalue weighted by molar-refractivity contribution is 6.31. The molecule has 0 radical (unpaired) electrons. The second kappa shape index (κ2) is 9.29. The number of nitrogens with zero attached hydrogens (tertiary/aromatic N) is 3. The van der Waals surface area contributed by atoms with Crippen LogP contribution in [0, 0.1) is 11.3 Å². The summed E-state index contributed by atoms with van der Waals surface area (Å²) in [5.41, 5.74) is 0.678. The minimum atomic E-state index is -0.392. The molecule has 4 rings (SSSR count). The van der Waals surface area contributed by atoms with E-state index in [1.807, 2.05) is 13.0 Å². The largest absolute Gasteiger partial charge is 0.466 e. The molecule has 3 aliphatic rings. The first-order chi connectivity index (χ1) is 14.1. The first-order valence-corrected chi connectivity index (χ1v) is 11.3. The van der Waals surface area contributed by atoms with Gasteiger partial charge in [-0.15, -0.1) is 0 Å². The summed E-state index contributed by atoms with van der Waals surface area (Å²) in [6, 6.07) is 2.54. The van der Waals surface area contributed by atoms with Crippen LogP contribution in [0.4, 0.5) is 0 Å². The van der Waals surface area contributed by atoms with Crippen LogP contribution in [-0.4, -0.2) is 72.8 Å². The second-order valence-electron chi connectivity index (χ2n) is 8.62. The number of halogens is 1. The topological polar surface area (TPSA) is 54.9 Å². The number of aromatic nitrogens is 1. The molecule has 0 N–H and O–H groups in total. The highest BCUT2D eigenvalue weighted by atomic mass is 35.5. The molecule has 3 heterocycles. The molecular formula is C22H32ClN3O3. The van der Waals surface area contributed by atoms with E-state index in [0.29, 0.717) is 23.6 Å². The molecule has 0 unspecified atom stereocenters. The molecular weight excluding hydrogens is 390 g/mol. The zero-order valence-electron chi connectivity index (χ0n) is 17.3. The fraction of sp³-hybridized carbons (Fsp3) is 0.727. The van der Waals surface area contributed by atoms with Gasteiger partial charge >= 0.3 is 5.97 Å². The van der Waals surface area contributed by atoms with Crippen molar-refractivity contribution in [3.63, 3.8) is 0 Å². The van der Waals surface area contributed by atoms with Gasteiger partial charge in [-0.05, 0) is 56.7 Å². The SMILES string of the molecule is CCOC(=O)[C@@]12CC[C@@H](N3CCOCC3)C[C@H]1CCN(Cc1ccncc1Cl)C2. The van der Waals surface area contributed by atoms with Gasteiger partial charge in [0.05, 0.1) is 30.3 Å². The number of carbonyl (C=O) groups is 1. The van der Waals surface area contributed by atoms with Gasteiger partial charge in [0.1, 0.15) is 0 Å². The van der Waals surface area contributed by atoms with E-state index in [1.165, 1.54) is 0 Å². The summed E-state index contributed by atoms with van der Waals surface area (Å²) >= 11 is 6.34. The lowest BCUT2D eigenvalue weighted by atomic mass is 9.61. The minimum Gasteiger partial charge on any atom is -0.466 e. The van der Waals surface area contributed by atoms with Gasteiger partial charge in [-0.25, -0.2) is 0 Å². The number of carbonyl (C=O) groups excluding carboxylic acids is 1. The number of likely N-dealkylation sites (tertiary alicyclic amines) is 1. The quantitative estimate of drug-likeness (QED) is 0.681. The van der Waals surface area contributed by atoms with Crippen molar-refractivity contribution >= 4 is 17.6 Å². The molecule has 3 atom stereocenters. The summed E-state index contributed by atoms with van der Waals surface area (Å²) in [7, 11) is 0. The smallest absolute Gasteiger partial charge is 0.313 e. The Kier molecular flexibility index (Phi) is 6.74. The van der Waals surface area contributed by atoms with E-state index < -0.39 is 5.41 Å². The monoisotopic (exact) mass is 421 g/mol. The molecule has 0 amide bonds. The zero-order valence-corrected chi connectivity index (χ0v) is 18.1. The Morgan fingerprint density at radius 3 is 2.93 bits per heavy atom. The lowest BCUT2D eigenvalue weighted by molar-refractivity contribution is -0.170. The van der Waals surface area contributed by atoms with Crippen molar-refractivity contribution < 1.29 is 14.3 Å². The van der Waals surface area contributed by atoms with Gasteiger partial charge in [-0.3, -0.25) is 19.6 Å². The average Bonchev–Trinajstić information content (AvgIpc) is 2.75. The third-order valence-corrected chi connectivity index (χ3v) is 7.40. The van der Waals surface area contributed by atoms with Crippen molar-refractivity contribution in [2.75, 3.05) is 46.0 Å². The molecule has 6 nitrogen and oxygen atoms in total. The Hall–Kier alpha value is -1.21. The molecule has 7 heteroatoms. The number of hydrogen-bond acceptors (Lipinski definition) is 6. The van der Waals surface area contributed by atoms with Crippen LogP contribution in [0.5, 0.6) is 0 Å². The number of hydrogen-bond donors (Lipinski definition) is 0. The van der Waals surface area contributed by atoms with Crippen LogP contribution in [0.25, 0.3) is 0 Å². The first-order valence-electron chi connectivity index (χ1n) is 10.9. The standard InChI is InChI=1S/C22H32ClN3O3/c1-2-29-21(27)22-6-3-19(26-9-11-28-12-10-26)13-18(22)5-8-25(16-22)15-17-4-7-24-14-20(17)23/h4,7,14,18-19H,2-3,5-6,8-13,15-16H2,1H3/t18-,19-,22-/m1/s1. The van der Waals surface area contributed by atoms with Gasteiger partial charge in [0.15, 0.2) is 0 Å². The van der Waals surface area contributed by atoms with Gasteiger partial charge in [0.25, 0.3) is 0 Å². The van der Waals surface area contributed by atoms with Crippen LogP contribution in [-0.2, 0) is 20.8 Å². The molecule has 1 saturated carbocycles. The van der Waals surface area contributed by atoms with Gasteiger partial charge in [-0.2, -0.15) is 0 Å². The lowest BCUT2D eigenvalue weighted by Gasteiger charge is -2.52. The number of ether oxygens (including phenoxy) is 2. The highest BCUT2D eigenvalue weighted by Gasteiger charge is 2.53. The summed E-state index contributed by atoms with van der Waals surface area (Å²) in [6.45, 7) is 8.51. The first kappa shape index (κ1) is 21.0. The van der Waals surface area contributed by atoms with E-state index in [1.54, 1.807) is 12.4 Å². The molecule has 2 saturated heterocycles. The van der Waals surface area contributed by atoms with E-state index in [0.717, 1.165) is 77.2 Å².